The molecule has 1 amide bonds. The summed E-state index contributed by atoms with van der Waals surface area (Å²) in [5.74, 6) is 0.210. The molecule has 0 spiro atoms. The summed E-state index contributed by atoms with van der Waals surface area (Å²) in [6, 6.07) is 21.0. The number of rotatable bonds is 9. The molecule has 0 saturated carbocycles. The monoisotopic (exact) mass is 622 g/mol. The van der Waals surface area contributed by atoms with Crippen LogP contribution in [0.15, 0.2) is 95.9 Å². The van der Waals surface area contributed by atoms with E-state index in [0.29, 0.717) is 22.1 Å². The van der Waals surface area contributed by atoms with Crippen LogP contribution in [0, 0.1) is 0 Å². The van der Waals surface area contributed by atoms with E-state index in [0.717, 1.165) is 12.1 Å². The number of carbonyl (C=O) groups is 1. The lowest BCUT2D eigenvalue weighted by atomic mass is 10.1. The highest BCUT2D eigenvalue weighted by Crippen LogP contribution is 2.31. The summed E-state index contributed by atoms with van der Waals surface area (Å²) in [5.41, 5.74) is -0.364. The molecule has 0 aliphatic carbocycles. The van der Waals surface area contributed by atoms with Gasteiger partial charge in [-0.3, -0.25) is 9.52 Å². The third-order valence-corrected chi connectivity index (χ3v) is 7.91. The summed E-state index contributed by atoms with van der Waals surface area (Å²) in [7, 11) is -4.14. The lowest BCUT2D eigenvalue weighted by Gasteiger charge is -2.23. The number of nitrogens with one attached hydrogen (secondary N) is 1. The average molecular weight is 623 g/mol. The van der Waals surface area contributed by atoms with Gasteiger partial charge >= 0.3 is 6.18 Å². The van der Waals surface area contributed by atoms with Gasteiger partial charge in [0.1, 0.15) is 11.5 Å². The van der Waals surface area contributed by atoms with E-state index in [1.165, 1.54) is 59.5 Å². The summed E-state index contributed by atoms with van der Waals surface area (Å²) >= 11 is 12.2. The molecule has 6 nitrogen and oxygen atoms in total. The zero-order valence-corrected chi connectivity index (χ0v) is 23.8. The number of hydrogen-bond donors (Lipinski definition) is 1. The van der Waals surface area contributed by atoms with Gasteiger partial charge in [0.25, 0.3) is 15.9 Å². The number of nitrogens with zero attached hydrogens (tertiary/aromatic N) is 1. The molecule has 214 valence electrons. The van der Waals surface area contributed by atoms with E-state index in [1.54, 1.807) is 31.2 Å². The van der Waals surface area contributed by atoms with Gasteiger partial charge in [-0.25, -0.2) is 8.42 Å². The quantitative estimate of drug-likeness (QED) is 0.204. The lowest BCUT2D eigenvalue weighted by Crippen LogP contribution is -2.31. The van der Waals surface area contributed by atoms with Crippen LogP contribution < -0.4 is 9.46 Å². The van der Waals surface area contributed by atoms with E-state index in [9.17, 15) is 26.4 Å². The first-order valence-electron chi connectivity index (χ1n) is 12.2. The van der Waals surface area contributed by atoms with Gasteiger partial charge in [-0.1, -0.05) is 47.5 Å². The molecule has 0 aromatic heterocycles. The van der Waals surface area contributed by atoms with E-state index < -0.39 is 27.7 Å². The number of halogens is 5. The first-order chi connectivity index (χ1) is 19.4. The Hall–Kier alpha value is -3.73. The van der Waals surface area contributed by atoms with Crippen molar-refractivity contribution in [3.05, 3.63) is 118 Å². The van der Waals surface area contributed by atoms with Gasteiger partial charge in [-0.2, -0.15) is 13.2 Å². The second-order valence-electron chi connectivity index (χ2n) is 8.81. The maximum atomic E-state index is 13.5. The molecule has 4 aromatic rings. The number of amides is 1. The van der Waals surface area contributed by atoms with Crippen LogP contribution in [0.4, 0.5) is 18.9 Å². The Labute approximate surface area is 245 Å². The van der Waals surface area contributed by atoms with Gasteiger partial charge in [0.15, 0.2) is 0 Å². The van der Waals surface area contributed by atoms with Gasteiger partial charge in [0.2, 0.25) is 0 Å². The first kappa shape index (κ1) is 30.2. The molecule has 0 bridgehead atoms. The zero-order chi connectivity index (χ0) is 29.8. The van der Waals surface area contributed by atoms with Crippen LogP contribution in [0.3, 0.4) is 0 Å². The van der Waals surface area contributed by atoms with E-state index >= 15 is 0 Å². The molecule has 0 aliphatic rings. The molecular weight excluding hydrogens is 600 g/mol. The fraction of sp³-hybridized carbons (Fsp3) is 0.138. The molecule has 12 heteroatoms. The van der Waals surface area contributed by atoms with Crippen LogP contribution in [-0.2, 0) is 22.7 Å². The number of benzene rings is 4. The number of sulfonamides is 1. The standard InChI is InChI=1S/C29H23Cl2F3N2O4S/c1-2-36(18-19-7-9-20(10-8-19)29(32,33)34)28(37)24-17-21(30)11-16-26(24)35-41(38,39)23-14-12-22(13-15-23)40-27-6-4-3-5-25(27)31/h3-17,35H,2,18H2,1H3. The van der Waals surface area contributed by atoms with Crippen LogP contribution in [-0.4, -0.2) is 25.8 Å². The number of carbonyl (C=O) groups excluding carboxylic acids is 1. The SMILES string of the molecule is CCN(Cc1ccc(C(F)(F)F)cc1)C(=O)c1cc(Cl)ccc1NS(=O)(=O)c1ccc(Oc2ccccc2Cl)cc1. The zero-order valence-electron chi connectivity index (χ0n) is 21.5. The number of anilines is 1. The van der Waals surface area contributed by atoms with E-state index in [4.69, 9.17) is 27.9 Å². The Morgan fingerprint density at radius 2 is 1.59 bits per heavy atom. The third-order valence-electron chi connectivity index (χ3n) is 5.98. The Balaban J connectivity index is 1.54. The Bertz CT molecular complexity index is 1650. The van der Waals surface area contributed by atoms with Crippen molar-refractivity contribution in [2.45, 2.75) is 24.5 Å². The van der Waals surface area contributed by atoms with Crippen molar-refractivity contribution < 1.29 is 31.1 Å². The molecule has 0 saturated heterocycles. The van der Waals surface area contributed by atoms with E-state index in [1.807, 2.05) is 0 Å². The van der Waals surface area contributed by atoms with Crippen LogP contribution in [0.2, 0.25) is 10.0 Å². The summed E-state index contributed by atoms with van der Waals surface area (Å²) < 4.78 is 73.3. The molecule has 4 aromatic carbocycles. The van der Waals surface area contributed by atoms with Crippen LogP contribution in [0.1, 0.15) is 28.4 Å². The van der Waals surface area contributed by atoms with Crippen molar-refractivity contribution >= 4 is 44.8 Å². The summed E-state index contributed by atoms with van der Waals surface area (Å²) in [4.78, 5) is 14.8. The molecular formula is C29H23Cl2F3N2O4S. The number of ether oxygens (including phenoxy) is 1. The maximum Gasteiger partial charge on any atom is 0.416 e. The molecule has 4 rings (SSSR count). The smallest absolute Gasteiger partial charge is 0.416 e. The van der Waals surface area contributed by atoms with Crippen molar-refractivity contribution in [2.75, 3.05) is 11.3 Å². The Morgan fingerprint density at radius 1 is 0.927 bits per heavy atom. The number of para-hydroxylation sites is 1. The normalized spacial score (nSPS) is 11.7. The fourth-order valence-corrected chi connectivity index (χ4v) is 5.27. The van der Waals surface area contributed by atoms with E-state index in [2.05, 4.69) is 4.72 Å². The van der Waals surface area contributed by atoms with Crippen molar-refractivity contribution in [1.29, 1.82) is 0 Å². The average Bonchev–Trinajstić information content (AvgIpc) is 2.93. The van der Waals surface area contributed by atoms with Gasteiger partial charge in [-0.05, 0) is 79.2 Å². The van der Waals surface area contributed by atoms with Crippen molar-refractivity contribution in [1.82, 2.24) is 4.90 Å². The van der Waals surface area contributed by atoms with Gasteiger partial charge < -0.3 is 9.64 Å². The molecule has 0 fully saturated rings. The fourth-order valence-electron chi connectivity index (χ4n) is 3.84. The molecule has 41 heavy (non-hydrogen) atoms. The van der Waals surface area contributed by atoms with Crippen LogP contribution in [0.5, 0.6) is 11.5 Å². The molecule has 1 N–H and O–H groups in total. The van der Waals surface area contributed by atoms with Crippen LogP contribution in [0.25, 0.3) is 0 Å². The topological polar surface area (TPSA) is 75.7 Å². The number of hydrogen-bond acceptors (Lipinski definition) is 4. The van der Waals surface area contributed by atoms with Crippen molar-refractivity contribution in [3.63, 3.8) is 0 Å². The Morgan fingerprint density at radius 3 is 2.20 bits per heavy atom. The van der Waals surface area contributed by atoms with Gasteiger partial charge in [-0.15, -0.1) is 0 Å². The first-order valence-corrected chi connectivity index (χ1v) is 14.4. The predicted molar refractivity (Wildman–Crippen MR) is 152 cm³/mol. The number of alkyl halides is 3. The van der Waals surface area contributed by atoms with Gasteiger partial charge in [0.05, 0.1) is 26.7 Å². The highest BCUT2D eigenvalue weighted by Gasteiger charge is 2.30. The third kappa shape index (κ3) is 7.52. The Kier molecular flexibility index (Phi) is 9.16. The molecule has 0 atom stereocenters. The highest BCUT2D eigenvalue weighted by atomic mass is 35.5. The maximum absolute atomic E-state index is 13.5. The second-order valence-corrected chi connectivity index (χ2v) is 11.3. The largest absolute Gasteiger partial charge is 0.456 e. The lowest BCUT2D eigenvalue weighted by molar-refractivity contribution is -0.137. The van der Waals surface area contributed by atoms with Crippen molar-refractivity contribution in [2.24, 2.45) is 0 Å². The molecule has 0 heterocycles. The highest BCUT2D eigenvalue weighted by molar-refractivity contribution is 7.92. The molecule has 0 aliphatic heterocycles. The molecule has 0 unspecified atom stereocenters. The van der Waals surface area contributed by atoms with Crippen LogP contribution >= 0.6 is 23.2 Å². The minimum atomic E-state index is -4.48. The van der Waals surface area contributed by atoms with Gasteiger partial charge in [0, 0.05) is 18.1 Å². The minimum absolute atomic E-state index is 0.000926. The predicted octanol–water partition coefficient (Wildman–Crippen LogP) is 8.27. The summed E-state index contributed by atoms with van der Waals surface area (Å²) in [6.45, 7) is 1.90. The van der Waals surface area contributed by atoms with E-state index in [-0.39, 0.29) is 34.3 Å². The minimum Gasteiger partial charge on any atom is -0.456 e. The molecule has 0 radical (unpaired) electrons. The second kappa shape index (κ2) is 12.4. The summed E-state index contributed by atoms with van der Waals surface area (Å²) in [6.07, 6.45) is -4.48. The van der Waals surface area contributed by atoms with Crippen molar-refractivity contribution in [3.8, 4) is 11.5 Å². The summed E-state index contributed by atoms with van der Waals surface area (Å²) in [5, 5.41) is 0.591.